The van der Waals surface area contributed by atoms with Crippen molar-refractivity contribution in [2.24, 2.45) is 0 Å². The summed E-state index contributed by atoms with van der Waals surface area (Å²) in [7, 11) is 0. The van der Waals surface area contributed by atoms with Crippen LogP contribution in [0.4, 0.5) is 17.5 Å². The summed E-state index contributed by atoms with van der Waals surface area (Å²) in [4.78, 5) is 11.9. The van der Waals surface area contributed by atoms with Crippen molar-refractivity contribution in [3.63, 3.8) is 0 Å². The van der Waals surface area contributed by atoms with E-state index in [-0.39, 0.29) is 0 Å². The van der Waals surface area contributed by atoms with Gasteiger partial charge in [0.15, 0.2) is 0 Å². The molecule has 3 rings (SSSR count). The maximum atomic E-state index is 5.77. The van der Waals surface area contributed by atoms with E-state index < -0.39 is 0 Å². The summed E-state index contributed by atoms with van der Waals surface area (Å²) in [5, 5.41) is 4.33. The molecule has 3 N–H and O–H groups in total. The molecule has 4 nitrogen and oxygen atoms in total. The first-order valence-electron chi connectivity index (χ1n) is 6.10. The Kier molecular flexibility index (Phi) is 3.50. The molecule has 20 heavy (non-hydrogen) atoms. The quantitative estimate of drug-likeness (QED) is 0.715. The summed E-state index contributed by atoms with van der Waals surface area (Å²) < 4.78 is 0. The minimum Gasteiger partial charge on any atom is -0.368 e. The number of nitrogens with two attached hydrogens (primary N) is 1. The number of benzene rings is 1. The van der Waals surface area contributed by atoms with E-state index >= 15 is 0 Å². The van der Waals surface area contributed by atoms with Crippen LogP contribution >= 0.6 is 23.1 Å². The molecule has 102 valence electrons. The number of thioether (sulfide) groups is 1. The first kappa shape index (κ1) is 13.2. The number of thiophene rings is 1. The van der Waals surface area contributed by atoms with E-state index in [1.165, 1.54) is 9.77 Å². The van der Waals surface area contributed by atoms with Crippen LogP contribution in [0.25, 0.3) is 10.2 Å². The Bertz CT molecular complexity index is 750. The van der Waals surface area contributed by atoms with Gasteiger partial charge in [-0.1, -0.05) is 0 Å². The molecule has 0 aliphatic heterocycles. The van der Waals surface area contributed by atoms with E-state index in [4.69, 9.17) is 5.73 Å². The third-order valence-corrected chi connectivity index (χ3v) is 4.57. The van der Waals surface area contributed by atoms with Gasteiger partial charge in [-0.15, -0.1) is 23.1 Å². The van der Waals surface area contributed by atoms with Gasteiger partial charge in [-0.05, 0) is 43.5 Å². The van der Waals surface area contributed by atoms with Crippen LogP contribution in [0, 0.1) is 6.92 Å². The van der Waals surface area contributed by atoms with Crippen molar-refractivity contribution in [2.45, 2.75) is 11.8 Å². The lowest BCUT2D eigenvalue weighted by atomic mass is 10.3. The fourth-order valence-corrected chi connectivity index (χ4v) is 3.26. The lowest BCUT2D eigenvalue weighted by Gasteiger charge is -2.08. The Morgan fingerprint density at radius 2 is 1.95 bits per heavy atom. The smallest absolute Gasteiger partial charge is 0.223 e. The maximum Gasteiger partial charge on any atom is 0.223 e. The Morgan fingerprint density at radius 3 is 2.65 bits per heavy atom. The van der Waals surface area contributed by atoms with E-state index in [0.29, 0.717) is 5.95 Å². The van der Waals surface area contributed by atoms with Gasteiger partial charge in [-0.3, -0.25) is 0 Å². The Labute approximate surface area is 125 Å². The predicted octanol–water partition coefficient (Wildman–Crippen LogP) is 4.05. The SMILES string of the molecule is CSc1ccc(Nc2nc(N)nc3sc(C)cc23)cc1. The molecule has 2 heterocycles. The molecule has 1 aromatic carbocycles. The molecule has 2 aromatic heterocycles. The molecule has 0 aliphatic rings. The Hall–Kier alpha value is -1.79. The number of nitrogens with zero attached hydrogens (tertiary/aromatic N) is 2. The van der Waals surface area contributed by atoms with Crippen LogP contribution in [0.2, 0.25) is 0 Å². The van der Waals surface area contributed by atoms with Crippen molar-refractivity contribution in [3.05, 3.63) is 35.2 Å². The first-order valence-corrected chi connectivity index (χ1v) is 8.14. The zero-order valence-corrected chi connectivity index (χ0v) is 12.8. The molecular weight excluding hydrogens is 288 g/mol. The van der Waals surface area contributed by atoms with Crippen LogP contribution in [-0.2, 0) is 0 Å². The van der Waals surface area contributed by atoms with Crippen molar-refractivity contribution < 1.29 is 0 Å². The number of aromatic nitrogens is 2. The molecule has 0 amide bonds. The highest BCUT2D eigenvalue weighted by Gasteiger charge is 2.09. The molecule has 0 radical (unpaired) electrons. The van der Waals surface area contributed by atoms with Gasteiger partial charge in [0.25, 0.3) is 0 Å². The molecule has 0 bridgehead atoms. The van der Waals surface area contributed by atoms with E-state index in [2.05, 4.69) is 46.7 Å². The summed E-state index contributed by atoms with van der Waals surface area (Å²) in [5.74, 6) is 1.05. The minimum absolute atomic E-state index is 0.294. The molecule has 0 saturated heterocycles. The summed E-state index contributed by atoms with van der Waals surface area (Å²) in [6.07, 6.45) is 2.06. The molecule has 0 fully saturated rings. The van der Waals surface area contributed by atoms with E-state index in [1.54, 1.807) is 23.1 Å². The second kappa shape index (κ2) is 5.30. The van der Waals surface area contributed by atoms with Crippen LogP contribution in [0.3, 0.4) is 0 Å². The van der Waals surface area contributed by atoms with Crippen LogP contribution in [0.1, 0.15) is 4.88 Å². The van der Waals surface area contributed by atoms with Gasteiger partial charge in [-0.25, -0.2) is 4.98 Å². The van der Waals surface area contributed by atoms with Gasteiger partial charge < -0.3 is 11.1 Å². The predicted molar refractivity (Wildman–Crippen MR) is 88.1 cm³/mol. The normalized spacial score (nSPS) is 10.9. The molecule has 0 aliphatic carbocycles. The summed E-state index contributed by atoms with van der Waals surface area (Å²) in [6, 6.07) is 10.3. The van der Waals surface area contributed by atoms with E-state index in [0.717, 1.165) is 21.7 Å². The van der Waals surface area contributed by atoms with Crippen LogP contribution in [-0.4, -0.2) is 16.2 Å². The molecule has 0 atom stereocenters. The lowest BCUT2D eigenvalue weighted by Crippen LogP contribution is -2.00. The third kappa shape index (κ3) is 2.57. The second-order valence-corrected chi connectivity index (χ2v) is 6.47. The number of nitrogen functional groups attached to an aromatic ring is 1. The van der Waals surface area contributed by atoms with Crippen molar-refractivity contribution >= 4 is 50.8 Å². The average Bonchev–Trinajstić information content (AvgIpc) is 2.80. The number of aryl methyl sites for hydroxylation is 1. The molecule has 0 unspecified atom stereocenters. The lowest BCUT2D eigenvalue weighted by molar-refractivity contribution is 1.24. The molecular formula is C14H14N4S2. The topological polar surface area (TPSA) is 63.8 Å². The number of nitrogens with one attached hydrogen (secondary N) is 1. The number of hydrogen-bond donors (Lipinski definition) is 2. The Balaban J connectivity index is 2.00. The maximum absolute atomic E-state index is 5.77. The highest BCUT2D eigenvalue weighted by Crippen LogP contribution is 2.31. The van der Waals surface area contributed by atoms with Gasteiger partial charge in [0.2, 0.25) is 5.95 Å². The number of fused-ring (bicyclic) bond motifs is 1. The zero-order chi connectivity index (χ0) is 14.1. The van der Waals surface area contributed by atoms with Gasteiger partial charge in [-0.2, -0.15) is 4.98 Å². The van der Waals surface area contributed by atoms with E-state index in [9.17, 15) is 0 Å². The average molecular weight is 302 g/mol. The van der Waals surface area contributed by atoms with Gasteiger partial charge in [0.1, 0.15) is 10.6 Å². The summed E-state index contributed by atoms with van der Waals surface area (Å²) >= 11 is 3.34. The number of hydrogen-bond acceptors (Lipinski definition) is 6. The standard InChI is InChI=1S/C14H14N4S2/c1-8-7-11-12(17-14(15)18-13(11)20-8)16-9-3-5-10(19-2)6-4-9/h3-7H,1-2H3,(H3,15,16,17,18). The van der Waals surface area contributed by atoms with Crippen LogP contribution in [0.5, 0.6) is 0 Å². The van der Waals surface area contributed by atoms with Crippen molar-refractivity contribution in [1.82, 2.24) is 9.97 Å². The zero-order valence-electron chi connectivity index (χ0n) is 11.2. The third-order valence-electron chi connectivity index (χ3n) is 2.89. The highest BCUT2D eigenvalue weighted by atomic mass is 32.2. The van der Waals surface area contributed by atoms with Crippen molar-refractivity contribution in [2.75, 3.05) is 17.3 Å². The number of anilines is 3. The van der Waals surface area contributed by atoms with Crippen LogP contribution < -0.4 is 11.1 Å². The minimum atomic E-state index is 0.294. The Morgan fingerprint density at radius 1 is 1.20 bits per heavy atom. The number of rotatable bonds is 3. The molecule has 0 spiro atoms. The van der Waals surface area contributed by atoms with E-state index in [1.807, 2.05) is 12.1 Å². The monoisotopic (exact) mass is 302 g/mol. The van der Waals surface area contributed by atoms with Gasteiger partial charge in [0, 0.05) is 15.5 Å². The molecule has 0 saturated carbocycles. The van der Waals surface area contributed by atoms with Gasteiger partial charge in [0.05, 0.1) is 5.39 Å². The van der Waals surface area contributed by atoms with Gasteiger partial charge >= 0.3 is 0 Å². The van der Waals surface area contributed by atoms with Crippen LogP contribution in [0.15, 0.2) is 35.2 Å². The van der Waals surface area contributed by atoms with Crippen molar-refractivity contribution in [3.8, 4) is 0 Å². The fraction of sp³-hybridized carbons (Fsp3) is 0.143. The molecule has 6 heteroatoms. The first-order chi connectivity index (χ1) is 9.65. The summed E-state index contributed by atoms with van der Waals surface area (Å²) in [6.45, 7) is 2.06. The highest BCUT2D eigenvalue weighted by molar-refractivity contribution is 7.98. The largest absolute Gasteiger partial charge is 0.368 e. The fourth-order valence-electron chi connectivity index (χ4n) is 1.96. The molecule has 3 aromatic rings. The summed E-state index contributed by atoms with van der Waals surface area (Å²) in [5.41, 5.74) is 6.77. The second-order valence-electron chi connectivity index (χ2n) is 4.36. The van der Waals surface area contributed by atoms with Crippen molar-refractivity contribution in [1.29, 1.82) is 0 Å².